The first kappa shape index (κ1) is 21.0. The fraction of sp³-hybridized carbons (Fsp3) is 0.407. The molecule has 4 heteroatoms. The molecule has 4 nitrogen and oxygen atoms in total. The van der Waals surface area contributed by atoms with Crippen molar-refractivity contribution in [3.05, 3.63) is 81.3 Å². The molecule has 0 saturated carbocycles. The van der Waals surface area contributed by atoms with Gasteiger partial charge in [-0.25, -0.2) is 10.1 Å². The number of anilines is 1. The zero-order valence-corrected chi connectivity index (χ0v) is 19.0. The molecule has 0 aliphatic carbocycles. The van der Waals surface area contributed by atoms with Crippen molar-refractivity contribution in [1.82, 2.24) is 0 Å². The molecule has 3 heterocycles. The van der Waals surface area contributed by atoms with Crippen LogP contribution in [0.4, 0.5) is 5.69 Å². The molecular weight excluding hydrogens is 382 g/mol. The molecule has 3 aliphatic rings. The van der Waals surface area contributed by atoms with Crippen molar-refractivity contribution in [2.45, 2.75) is 52.9 Å². The summed E-state index contributed by atoms with van der Waals surface area (Å²) in [5, 5.41) is 9.20. The van der Waals surface area contributed by atoms with Gasteiger partial charge in [0.25, 0.3) is 5.70 Å². The van der Waals surface area contributed by atoms with Crippen molar-refractivity contribution >= 4 is 11.8 Å². The molecule has 0 bridgehead atoms. The van der Waals surface area contributed by atoms with E-state index in [4.69, 9.17) is 11.3 Å². The molecule has 4 rings (SSSR count). The average molecular weight is 412 g/mol. The summed E-state index contributed by atoms with van der Waals surface area (Å²) in [6.07, 6.45) is 9.74. The Labute approximate surface area is 185 Å². The highest BCUT2D eigenvalue weighted by Crippen LogP contribution is 2.47. The van der Waals surface area contributed by atoms with Crippen molar-refractivity contribution in [3.8, 4) is 6.07 Å². The number of allylic oxidation sites excluding steroid dienone is 6. The standard InChI is InChI=1S/C27H29N3O/c1-18-11-20(24(16-28)29-6)14-22(31-18)8-7-19-12-21-15-26(2,3)17-30-10-9-27(4,5)23(13-19)25(21)30/h7-8,11-14H,9-10,15,17H2,1-5H3/b8-7+,24-20+. The summed E-state index contributed by atoms with van der Waals surface area (Å²) < 4.78 is 5.83. The zero-order chi connectivity index (χ0) is 22.4. The first-order chi connectivity index (χ1) is 14.6. The van der Waals surface area contributed by atoms with E-state index in [9.17, 15) is 5.26 Å². The predicted molar refractivity (Wildman–Crippen MR) is 125 cm³/mol. The lowest BCUT2D eigenvalue weighted by atomic mass is 9.71. The number of rotatable bonds is 2. The van der Waals surface area contributed by atoms with Crippen LogP contribution in [0, 0.1) is 23.3 Å². The Bertz CT molecular complexity index is 1130. The van der Waals surface area contributed by atoms with E-state index in [-0.39, 0.29) is 16.5 Å². The largest absolute Gasteiger partial charge is 0.462 e. The monoisotopic (exact) mass is 411 g/mol. The maximum absolute atomic E-state index is 9.20. The molecule has 0 radical (unpaired) electrons. The fourth-order valence-electron chi connectivity index (χ4n) is 4.96. The maximum Gasteiger partial charge on any atom is 0.269 e. The number of ether oxygens (including phenoxy) is 1. The fourth-order valence-corrected chi connectivity index (χ4v) is 4.96. The van der Waals surface area contributed by atoms with Crippen molar-refractivity contribution in [1.29, 1.82) is 5.26 Å². The molecule has 158 valence electrons. The maximum atomic E-state index is 9.20. The molecule has 0 unspecified atom stereocenters. The Morgan fingerprint density at radius 2 is 2.00 bits per heavy atom. The van der Waals surface area contributed by atoms with Crippen LogP contribution in [0.15, 0.2) is 53.1 Å². The van der Waals surface area contributed by atoms with Gasteiger partial charge in [0.2, 0.25) is 0 Å². The van der Waals surface area contributed by atoms with Gasteiger partial charge in [-0.3, -0.25) is 0 Å². The van der Waals surface area contributed by atoms with Gasteiger partial charge >= 0.3 is 0 Å². The van der Waals surface area contributed by atoms with Crippen molar-refractivity contribution in [2.75, 3.05) is 18.0 Å². The highest BCUT2D eigenvalue weighted by Gasteiger charge is 2.39. The topological polar surface area (TPSA) is 40.6 Å². The number of nitriles is 1. The molecule has 1 aromatic carbocycles. The minimum absolute atomic E-state index is 0.0795. The molecule has 0 N–H and O–H groups in total. The SMILES string of the molecule is [C-]#[N+]/C(C#N)=C1\C=C(C)OC(/C=C/c2cc3c4c(c2)C(C)(C)CCN4CC(C)(C)C3)=C1. The van der Waals surface area contributed by atoms with E-state index in [1.807, 2.05) is 19.1 Å². The van der Waals surface area contributed by atoms with Gasteiger partial charge in [-0.2, -0.15) is 0 Å². The van der Waals surface area contributed by atoms with E-state index < -0.39 is 0 Å². The number of benzene rings is 1. The molecule has 0 fully saturated rings. The first-order valence-electron chi connectivity index (χ1n) is 10.8. The second kappa shape index (κ2) is 7.47. The summed E-state index contributed by atoms with van der Waals surface area (Å²) in [6.45, 7) is 20.7. The normalized spacial score (nSPS) is 22.5. The molecule has 0 spiro atoms. The summed E-state index contributed by atoms with van der Waals surface area (Å²) in [5.41, 5.74) is 6.56. The van der Waals surface area contributed by atoms with Crippen LogP contribution < -0.4 is 4.90 Å². The molecule has 0 saturated heterocycles. The van der Waals surface area contributed by atoms with Gasteiger partial charge in [0.05, 0.1) is 12.6 Å². The second-order valence-corrected chi connectivity index (χ2v) is 10.2. The minimum Gasteiger partial charge on any atom is -0.462 e. The Morgan fingerprint density at radius 3 is 2.71 bits per heavy atom. The van der Waals surface area contributed by atoms with Crippen molar-refractivity contribution in [2.24, 2.45) is 5.41 Å². The number of hydrogen-bond acceptors (Lipinski definition) is 3. The summed E-state index contributed by atoms with van der Waals surface area (Å²) in [5.74, 6) is 1.31. The Morgan fingerprint density at radius 1 is 1.23 bits per heavy atom. The smallest absolute Gasteiger partial charge is 0.269 e. The summed E-state index contributed by atoms with van der Waals surface area (Å²) in [6, 6.07) is 6.60. The van der Waals surface area contributed by atoms with E-state index in [0.717, 1.165) is 31.5 Å². The van der Waals surface area contributed by atoms with Gasteiger partial charge in [-0.15, -0.1) is 0 Å². The first-order valence-corrected chi connectivity index (χ1v) is 10.8. The minimum atomic E-state index is 0.0795. The molecule has 31 heavy (non-hydrogen) atoms. The molecule has 3 aliphatic heterocycles. The lowest BCUT2D eigenvalue weighted by molar-refractivity contribution is 0.318. The molecular formula is C27H29N3O. The molecule has 0 amide bonds. The van der Waals surface area contributed by atoms with Gasteiger partial charge in [-0.1, -0.05) is 33.8 Å². The second-order valence-electron chi connectivity index (χ2n) is 10.2. The Kier molecular flexibility index (Phi) is 5.06. The van der Waals surface area contributed by atoms with Crippen LogP contribution in [-0.2, 0) is 16.6 Å². The molecule has 0 aromatic heterocycles. The van der Waals surface area contributed by atoms with E-state index in [1.165, 1.54) is 16.8 Å². The lowest BCUT2D eigenvalue weighted by Gasteiger charge is -2.48. The summed E-state index contributed by atoms with van der Waals surface area (Å²) in [7, 11) is 0. The zero-order valence-electron chi connectivity index (χ0n) is 19.0. The van der Waals surface area contributed by atoms with Gasteiger partial charge in [0, 0.05) is 18.8 Å². The van der Waals surface area contributed by atoms with E-state index in [2.05, 4.69) is 55.6 Å². The molecule has 0 atom stereocenters. The van der Waals surface area contributed by atoms with Crippen LogP contribution in [0.25, 0.3) is 10.9 Å². The summed E-state index contributed by atoms with van der Waals surface area (Å²) in [4.78, 5) is 5.91. The van der Waals surface area contributed by atoms with E-state index >= 15 is 0 Å². The quantitative estimate of drug-likeness (QED) is 0.424. The van der Waals surface area contributed by atoms with Crippen LogP contribution in [0.3, 0.4) is 0 Å². The lowest BCUT2D eigenvalue weighted by Crippen LogP contribution is -2.46. The van der Waals surface area contributed by atoms with Gasteiger partial charge < -0.3 is 9.64 Å². The highest BCUT2D eigenvalue weighted by atomic mass is 16.5. The van der Waals surface area contributed by atoms with E-state index in [0.29, 0.717) is 17.1 Å². The number of nitrogens with zero attached hydrogens (tertiary/aromatic N) is 3. The van der Waals surface area contributed by atoms with Crippen LogP contribution in [0.5, 0.6) is 0 Å². The third-order valence-corrected chi connectivity index (χ3v) is 6.42. The molecule has 1 aromatic rings. The van der Waals surface area contributed by atoms with Gasteiger partial charge in [-0.05, 0) is 83.2 Å². The van der Waals surface area contributed by atoms with Crippen LogP contribution in [0.2, 0.25) is 0 Å². The summed E-state index contributed by atoms with van der Waals surface area (Å²) >= 11 is 0. The van der Waals surface area contributed by atoms with Crippen LogP contribution >= 0.6 is 0 Å². The van der Waals surface area contributed by atoms with Crippen LogP contribution in [-0.4, -0.2) is 13.1 Å². The highest BCUT2D eigenvalue weighted by molar-refractivity contribution is 5.71. The van der Waals surface area contributed by atoms with Gasteiger partial charge in [0.15, 0.2) is 0 Å². The Balaban J connectivity index is 1.74. The van der Waals surface area contributed by atoms with Crippen LogP contribution in [0.1, 0.15) is 57.7 Å². The third-order valence-electron chi connectivity index (χ3n) is 6.42. The number of hydrogen-bond donors (Lipinski definition) is 0. The predicted octanol–water partition coefficient (Wildman–Crippen LogP) is 6.28. The Hall–Kier alpha value is -3.24. The third kappa shape index (κ3) is 4.04. The average Bonchev–Trinajstić information content (AvgIpc) is 2.69. The van der Waals surface area contributed by atoms with Crippen molar-refractivity contribution < 1.29 is 4.74 Å². The van der Waals surface area contributed by atoms with E-state index in [1.54, 1.807) is 12.2 Å². The van der Waals surface area contributed by atoms with Gasteiger partial charge in [0.1, 0.15) is 11.5 Å². The van der Waals surface area contributed by atoms with Crippen molar-refractivity contribution in [3.63, 3.8) is 0 Å².